The van der Waals surface area contributed by atoms with Gasteiger partial charge in [0.15, 0.2) is 0 Å². The van der Waals surface area contributed by atoms with E-state index in [4.69, 9.17) is 14.7 Å². The number of carbonyl (C=O) groups excluding carboxylic acids is 2. The van der Waals surface area contributed by atoms with Gasteiger partial charge in [-0.15, -0.1) is 0 Å². The van der Waals surface area contributed by atoms with Crippen molar-refractivity contribution in [2.24, 2.45) is 21.2 Å². The molecule has 0 saturated carbocycles. The highest BCUT2D eigenvalue weighted by atomic mass is 16.6. The van der Waals surface area contributed by atoms with Crippen LogP contribution in [0.5, 0.6) is 0 Å². The Morgan fingerprint density at radius 1 is 1.06 bits per heavy atom. The molecule has 9 nitrogen and oxygen atoms in total. The maximum Gasteiger partial charge on any atom is 0.428 e. The number of benzene rings is 2. The molecule has 0 aliphatic heterocycles. The van der Waals surface area contributed by atoms with Crippen LogP contribution < -0.4 is 5.43 Å². The summed E-state index contributed by atoms with van der Waals surface area (Å²) in [6, 6.07) is 16.9. The van der Waals surface area contributed by atoms with Crippen molar-refractivity contribution >= 4 is 23.5 Å². The molecule has 0 aliphatic rings. The Morgan fingerprint density at radius 3 is 2.24 bits per heavy atom. The van der Waals surface area contributed by atoms with Gasteiger partial charge in [-0.3, -0.25) is 4.79 Å². The smallest absolute Gasteiger partial charge is 0.428 e. The predicted molar refractivity (Wildman–Crippen MR) is 123 cm³/mol. The topological polar surface area (TPSA) is 126 Å². The number of ether oxygens (including phenoxy) is 2. The minimum atomic E-state index is -0.995. The molecular weight excluding hydrogens is 422 g/mol. The van der Waals surface area contributed by atoms with Crippen molar-refractivity contribution in [2.45, 2.75) is 39.3 Å². The fourth-order valence-electron chi connectivity index (χ4n) is 2.86. The molecule has 2 aromatic rings. The molecule has 0 aliphatic carbocycles. The predicted octanol–water partition coefficient (Wildman–Crippen LogP) is 5.07. The summed E-state index contributed by atoms with van der Waals surface area (Å²) in [5.41, 5.74) is 3.52. The van der Waals surface area contributed by atoms with Crippen molar-refractivity contribution in [1.82, 2.24) is 5.43 Å². The number of carbonyl (C=O) groups is 2. The maximum atomic E-state index is 12.8. The molecule has 0 spiro atoms. The third-order valence-corrected chi connectivity index (χ3v) is 4.38. The summed E-state index contributed by atoms with van der Waals surface area (Å²) >= 11 is 0. The van der Waals surface area contributed by atoms with Crippen LogP contribution in [-0.4, -0.2) is 30.5 Å². The van der Waals surface area contributed by atoms with Crippen LogP contribution in [0.4, 0.5) is 10.5 Å². The summed E-state index contributed by atoms with van der Waals surface area (Å²) in [6.45, 7) is 6.76. The standard InChI is InChI=1S/C24H27N5O4/c1-16(26-29-23(31)33-24(2,3)4)20(22(30)32-5)21(18-13-11-17(15-25)12-14-18)28-27-19-9-7-6-8-10-19/h6-14,20-21H,1-5H3,(H,29,31)/b26-16+,28-27?. The molecule has 0 radical (unpaired) electrons. The second-order valence-corrected chi connectivity index (χ2v) is 8.10. The van der Waals surface area contributed by atoms with E-state index < -0.39 is 29.6 Å². The van der Waals surface area contributed by atoms with Crippen LogP contribution in [-0.2, 0) is 14.3 Å². The molecule has 0 aromatic heterocycles. The molecule has 0 bridgehead atoms. The number of methoxy groups -OCH3 is 1. The monoisotopic (exact) mass is 449 g/mol. The average Bonchev–Trinajstić information content (AvgIpc) is 2.79. The molecule has 0 heterocycles. The normalized spacial score (nSPS) is 13.6. The lowest BCUT2D eigenvalue weighted by atomic mass is 9.89. The fourth-order valence-corrected chi connectivity index (χ4v) is 2.86. The Morgan fingerprint density at radius 2 is 1.70 bits per heavy atom. The molecule has 2 aromatic carbocycles. The summed E-state index contributed by atoms with van der Waals surface area (Å²) in [7, 11) is 1.26. The van der Waals surface area contributed by atoms with Crippen molar-refractivity contribution in [3.63, 3.8) is 0 Å². The molecule has 33 heavy (non-hydrogen) atoms. The van der Waals surface area contributed by atoms with Gasteiger partial charge in [-0.25, -0.2) is 10.2 Å². The van der Waals surface area contributed by atoms with Crippen LogP contribution in [0.2, 0.25) is 0 Å². The molecule has 2 unspecified atom stereocenters. The number of hydrogen-bond acceptors (Lipinski definition) is 8. The zero-order valence-corrected chi connectivity index (χ0v) is 19.3. The van der Waals surface area contributed by atoms with Crippen LogP contribution in [0.15, 0.2) is 69.9 Å². The summed E-state index contributed by atoms with van der Waals surface area (Å²) in [5, 5.41) is 21.8. The van der Waals surface area contributed by atoms with Gasteiger partial charge < -0.3 is 9.47 Å². The molecular formula is C24H27N5O4. The van der Waals surface area contributed by atoms with Crippen LogP contribution in [0.25, 0.3) is 0 Å². The van der Waals surface area contributed by atoms with Gasteiger partial charge in [-0.1, -0.05) is 30.3 Å². The summed E-state index contributed by atoms with van der Waals surface area (Å²) in [6.07, 6.45) is -0.758. The Bertz CT molecular complexity index is 1050. The van der Waals surface area contributed by atoms with Crippen molar-refractivity contribution in [3.8, 4) is 6.07 Å². The van der Waals surface area contributed by atoms with E-state index in [1.807, 2.05) is 18.2 Å². The molecule has 172 valence electrons. The number of esters is 1. The molecule has 2 rings (SSSR count). The van der Waals surface area contributed by atoms with Crippen LogP contribution in [0.1, 0.15) is 44.9 Å². The van der Waals surface area contributed by atoms with E-state index in [2.05, 4.69) is 26.8 Å². The minimum absolute atomic E-state index is 0.245. The van der Waals surface area contributed by atoms with Gasteiger partial charge in [-0.05, 0) is 57.5 Å². The Balaban J connectivity index is 2.45. The van der Waals surface area contributed by atoms with Crippen LogP contribution >= 0.6 is 0 Å². The average molecular weight is 450 g/mol. The third kappa shape index (κ3) is 7.85. The molecule has 9 heteroatoms. The first-order chi connectivity index (χ1) is 15.6. The first-order valence-corrected chi connectivity index (χ1v) is 10.2. The molecule has 2 atom stereocenters. The van der Waals surface area contributed by atoms with E-state index in [9.17, 15) is 9.59 Å². The van der Waals surface area contributed by atoms with Crippen molar-refractivity contribution in [1.29, 1.82) is 5.26 Å². The summed E-state index contributed by atoms with van der Waals surface area (Å²) in [4.78, 5) is 24.8. The SMILES string of the molecule is COC(=O)C(/C(C)=N/NC(=O)OC(C)(C)C)C(N=Nc1ccccc1)c1ccc(C#N)cc1. The van der Waals surface area contributed by atoms with E-state index in [-0.39, 0.29) is 5.71 Å². The highest BCUT2D eigenvalue weighted by molar-refractivity contribution is 6.02. The van der Waals surface area contributed by atoms with Crippen LogP contribution in [0, 0.1) is 17.2 Å². The first-order valence-electron chi connectivity index (χ1n) is 10.2. The number of nitrogens with zero attached hydrogens (tertiary/aromatic N) is 4. The van der Waals surface area contributed by atoms with E-state index in [0.717, 1.165) is 0 Å². The van der Waals surface area contributed by atoms with E-state index >= 15 is 0 Å². The molecule has 0 fully saturated rings. The quantitative estimate of drug-likeness (QED) is 0.273. The summed E-state index contributed by atoms with van der Waals surface area (Å²) in [5.74, 6) is -1.60. The van der Waals surface area contributed by atoms with Gasteiger partial charge in [0.25, 0.3) is 0 Å². The Hall–Kier alpha value is -4.06. The number of nitrogens with one attached hydrogen (secondary N) is 1. The highest BCUT2D eigenvalue weighted by Gasteiger charge is 2.34. The van der Waals surface area contributed by atoms with E-state index in [1.165, 1.54) is 7.11 Å². The number of azo groups is 1. The largest absolute Gasteiger partial charge is 0.468 e. The fraction of sp³-hybridized carbons (Fsp3) is 0.333. The zero-order chi connectivity index (χ0) is 24.4. The lowest BCUT2D eigenvalue weighted by Crippen LogP contribution is -2.33. The lowest BCUT2D eigenvalue weighted by molar-refractivity contribution is -0.143. The van der Waals surface area contributed by atoms with Crippen molar-refractivity contribution < 1.29 is 19.1 Å². The van der Waals surface area contributed by atoms with Gasteiger partial charge in [0.1, 0.15) is 17.6 Å². The number of hydrogen-bond donors (Lipinski definition) is 1. The second-order valence-electron chi connectivity index (χ2n) is 8.10. The van der Waals surface area contributed by atoms with Gasteiger partial charge in [0.2, 0.25) is 0 Å². The summed E-state index contributed by atoms with van der Waals surface area (Å²) < 4.78 is 10.2. The van der Waals surface area contributed by atoms with Gasteiger partial charge in [-0.2, -0.15) is 20.6 Å². The van der Waals surface area contributed by atoms with Crippen molar-refractivity contribution in [3.05, 3.63) is 65.7 Å². The number of hydrazone groups is 1. The molecule has 1 amide bonds. The molecule has 0 saturated heterocycles. The van der Waals surface area contributed by atoms with Gasteiger partial charge in [0, 0.05) is 0 Å². The highest BCUT2D eigenvalue weighted by Crippen LogP contribution is 2.31. The third-order valence-electron chi connectivity index (χ3n) is 4.38. The number of amides is 1. The van der Waals surface area contributed by atoms with Gasteiger partial charge in [0.05, 0.1) is 30.1 Å². The van der Waals surface area contributed by atoms with Gasteiger partial charge >= 0.3 is 12.1 Å². The number of rotatable bonds is 7. The Kier molecular flexibility index (Phi) is 8.80. The molecule has 1 N–H and O–H groups in total. The Labute approximate surface area is 193 Å². The number of nitriles is 1. The zero-order valence-electron chi connectivity index (χ0n) is 19.3. The lowest BCUT2D eigenvalue weighted by Gasteiger charge is -2.22. The van der Waals surface area contributed by atoms with E-state index in [1.54, 1.807) is 64.1 Å². The minimum Gasteiger partial charge on any atom is -0.468 e. The van der Waals surface area contributed by atoms with Crippen LogP contribution in [0.3, 0.4) is 0 Å². The maximum absolute atomic E-state index is 12.8. The first kappa shape index (κ1) is 25.2. The second kappa shape index (κ2) is 11.5. The van der Waals surface area contributed by atoms with Crippen molar-refractivity contribution in [2.75, 3.05) is 7.11 Å². The van der Waals surface area contributed by atoms with E-state index in [0.29, 0.717) is 16.8 Å².